The highest BCUT2D eigenvalue weighted by molar-refractivity contribution is 6.31. The number of anilines is 1. The zero-order valence-corrected chi connectivity index (χ0v) is 15.4. The number of rotatable bonds is 6. The van der Waals surface area contributed by atoms with E-state index in [1.54, 1.807) is 25.3 Å². The second-order valence-corrected chi connectivity index (χ2v) is 6.83. The van der Waals surface area contributed by atoms with E-state index in [0.29, 0.717) is 22.4 Å². The van der Waals surface area contributed by atoms with Gasteiger partial charge in [-0.25, -0.2) is 0 Å². The predicted molar refractivity (Wildman–Crippen MR) is 100 cm³/mol. The van der Waals surface area contributed by atoms with Crippen molar-refractivity contribution in [2.75, 3.05) is 12.4 Å². The molecule has 2 rings (SSSR count). The summed E-state index contributed by atoms with van der Waals surface area (Å²) in [7, 11) is 1.57. The molecule has 0 spiro atoms. The Morgan fingerprint density at radius 1 is 1.12 bits per heavy atom. The highest BCUT2D eigenvalue weighted by Crippen LogP contribution is 2.29. The lowest BCUT2D eigenvalue weighted by Crippen LogP contribution is -2.19. The van der Waals surface area contributed by atoms with E-state index in [2.05, 4.69) is 31.3 Å². The summed E-state index contributed by atoms with van der Waals surface area (Å²) < 4.78 is 5.27. The van der Waals surface area contributed by atoms with Crippen molar-refractivity contribution >= 4 is 23.2 Å². The smallest absolute Gasteiger partial charge is 0.231 e. The minimum absolute atomic E-state index is 0.0906. The number of carbonyl (C=O) groups excluding carboxylic acids is 1. The third-order valence-electron chi connectivity index (χ3n) is 3.94. The Morgan fingerprint density at radius 3 is 2.38 bits per heavy atom. The summed E-state index contributed by atoms with van der Waals surface area (Å²) in [6.45, 7) is 6.29. The molecule has 0 aliphatic carbocycles. The molecule has 0 saturated carbocycles. The number of hydrogen-bond donors (Lipinski definition) is 1. The second-order valence-electron chi connectivity index (χ2n) is 6.40. The van der Waals surface area contributed by atoms with Gasteiger partial charge >= 0.3 is 0 Å². The van der Waals surface area contributed by atoms with Gasteiger partial charge in [0.05, 0.1) is 18.7 Å². The summed E-state index contributed by atoms with van der Waals surface area (Å²) in [6.07, 6.45) is 1.04. The van der Waals surface area contributed by atoms with Crippen molar-refractivity contribution in [1.29, 1.82) is 0 Å². The summed E-state index contributed by atoms with van der Waals surface area (Å²) in [5, 5.41) is 3.45. The average Bonchev–Trinajstić information content (AvgIpc) is 2.54. The van der Waals surface area contributed by atoms with Crippen LogP contribution in [0.3, 0.4) is 0 Å². The van der Waals surface area contributed by atoms with E-state index < -0.39 is 0 Å². The zero-order valence-electron chi connectivity index (χ0n) is 14.6. The summed E-state index contributed by atoms with van der Waals surface area (Å²) in [5.74, 6) is 0.855. The largest absolute Gasteiger partial charge is 0.495 e. The Balaban J connectivity index is 2.11. The first-order valence-electron chi connectivity index (χ1n) is 8.14. The topological polar surface area (TPSA) is 38.3 Å². The summed E-state index contributed by atoms with van der Waals surface area (Å²) in [4.78, 5) is 12.5. The van der Waals surface area contributed by atoms with Gasteiger partial charge in [-0.3, -0.25) is 4.79 Å². The number of hydrogen-bond acceptors (Lipinski definition) is 2. The van der Waals surface area contributed by atoms with Crippen molar-refractivity contribution in [1.82, 2.24) is 0 Å². The van der Waals surface area contributed by atoms with Gasteiger partial charge in [0.25, 0.3) is 0 Å². The maximum absolute atomic E-state index is 12.5. The van der Waals surface area contributed by atoms with Crippen molar-refractivity contribution < 1.29 is 9.53 Å². The summed E-state index contributed by atoms with van der Waals surface area (Å²) >= 11 is 6.01. The Morgan fingerprint density at radius 2 is 1.79 bits per heavy atom. The first-order chi connectivity index (χ1) is 11.4. The van der Waals surface area contributed by atoms with Gasteiger partial charge in [-0.05, 0) is 48.6 Å². The minimum atomic E-state index is -0.262. The van der Waals surface area contributed by atoms with E-state index in [4.69, 9.17) is 16.3 Å². The molecule has 0 heterocycles. The molecule has 1 N–H and O–H groups in total. The Labute approximate surface area is 149 Å². The van der Waals surface area contributed by atoms with Gasteiger partial charge in [-0.1, -0.05) is 49.7 Å². The molecule has 0 bridgehead atoms. The van der Waals surface area contributed by atoms with Crippen LogP contribution in [0.2, 0.25) is 5.02 Å². The van der Waals surface area contributed by atoms with Gasteiger partial charge < -0.3 is 10.1 Å². The van der Waals surface area contributed by atoms with Gasteiger partial charge in [0.1, 0.15) is 5.75 Å². The fourth-order valence-corrected chi connectivity index (χ4v) is 2.76. The molecule has 1 amide bonds. The Hall–Kier alpha value is -2.00. The molecule has 0 fully saturated rings. The molecule has 4 heteroatoms. The molecular weight excluding hydrogens is 322 g/mol. The number of benzene rings is 2. The standard InChI is InChI=1S/C20H24ClNO2/c1-13(2)11-15-5-7-16(8-6-15)14(3)20(23)22-18-12-17(21)9-10-19(18)24-4/h5-10,12-14H,11H2,1-4H3,(H,22,23). The molecule has 2 aromatic rings. The van der Waals surface area contributed by atoms with E-state index in [-0.39, 0.29) is 11.8 Å². The van der Waals surface area contributed by atoms with E-state index >= 15 is 0 Å². The van der Waals surface area contributed by atoms with E-state index in [1.165, 1.54) is 5.56 Å². The van der Waals surface area contributed by atoms with E-state index in [0.717, 1.165) is 12.0 Å². The number of halogens is 1. The zero-order chi connectivity index (χ0) is 17.7. The molecule has 2 aromatic carbocycles. The van der Waals surface area contributed by atoms with Gasteiger partial charge in [0.15, 0.2) is 0 Å². The van der Waals surface area contributed by atoms with Gasteiger partial charge in [-0.2, -0.15) is 0 Å². The highest BCUT2D eigenvalue weighted by atomic mass is 35.5. The van der Waals surface area contributed by atoms with Crippen molar-refractivity contribution in [3.8, 4) is 5.75 Å². The molecular formula is C20H24ClNO2. The second kappa shape index (κ2) is 8.20. The van der Waals surface area contributed by atoms with Crippen molar-refractivity contribution in [2.45, 2.75) is 33.1 Å². The van der Waals surface area contributed by atoms with Crippen LogP contribution in [0, 0.1) is 5.92 Å². The molecule has 0 aliphatic heterocycles. The lowest BCUT2D eigenvalue weighted by Gasteiger charge is -2.15. The third kappa shape index (κ3) is 4.75. The maximum atomic E-state index is 12.5. The van der Waals surface area contributed by atoms with Crippen LogP contribution >= 0.6 is 11.6 Å². The monoisotopic (exact) mass is 345 g/mol. The predicted octanol–water partition coefficient (Wildman–Crippen LogP) is 5.29. The molecule has 1 unspecified atom stereocenters. The molecule has 128 valence electrons. The molecule has 1 atom stereocenters. The molecule has 0 aromatic heterocycles. The summed E-state index contributed by atoms with van der Waals surface area (Å²) in [5.41, 5.74) is 2.86. The van der Waals surface area contributed by atoms with Crippen molar-refractivity contribution in [3.05, 3.63) is 58.6 Å². The fraction of sp³-hybridized carbons (Fsp3) is 0.350. The van der Waals surface area contributed by atoms with Gasteiger partial charge in [0, 0.05) is 5.02 Å². The average molecular weight is 346 g/mol. The molecule has 0 saturated heterocycles. The Bertz CT molecular complexity index is 695. The number of methoxy groups -OCH3 is 1. The Kier molecular flexibility index (Phi) is 6.27. The van der Waals surface area contributed by atoms with Gasteiger partial charge in [-0.15, -0.1) is 0 Å². The van der Waals surface area contributed by atoms with Crippen LogP contribution < -0.4 is 10.1 Å². The van der Waals surface area contributed by atoms with Crippen molar-refractivity contribution in [2.24, 2.45) is 5.92 Å². The lowest BCUT2D eigenvalue weighted by atomic mass is 9.96. The quantitative estimate of drug-likeness (QED) is 0.772. The van der Waals surface area contributed by atoms with Crippen LogP contribution in [0.4, 0.5) is 5.69 Å². The van der Waals surface area contributed by atoms with Crippen molar-refractivity contribution in [3.63, 3.8) is 0 Å². The molecule has 0 radical (unpaired) electrons. The molecule has 24 heavy (non-hydrogen) atoms. The number of carbonyl (C=O) groups is 1. The molecule has 3 nitrogen and oxygen atoms in total. The normalized spacial score (nSPS) is 12.1. The maximum Gasteiger partial charge on any atom is 0.231 e. The number of ether oxygens (including phenoxy) is 1. The third-order valence-corrected chi connectivity index (χ3v) is 4.17. The lowest BCUT2D eigenvalue weighted by molar-refractivity contribution is -0.117. The number of nitrogens with one attached hydrogen (secondary N) is 1. The van der Waals surface area contributed by atoms with Crippen LogP contribution in [-0.4, -0.2) is 13.0 Å². The van der Waals surface area contributed by atoms with Crippen LogP contribution in [0.1, 0.15) is 37.8 Å². The van der Waals surface area contributed by atoms with Crippen LogP contribution in [0.25, 0.3) is 0 Å². The fourth-order valence-electron chi connectivity index (χ4n) is 2.58. The van der Waals surface area contributed by atoms with Gasteiger partial charge in [0.2, 0.25) is 5.91 Å². The SMILES string of the molecule is COc1ccc(Cl)cc1NC(=O)C(C)c1ccc(CC(C)C)cc1. The first kappa shape index (κ1) is 18.3. The highest BCUT2D eigenvalue weighted by Gasteiger charge is 2.17. The van der Waals surface area contributed by atoms with E-state index in [1.807, 2.05) is 19.1 Å². The van der Waals surface area contributed by atoms with Crippen LogP contribution in [0.5, 0.6) is 5.75 Å². The first-order valence-corrected chi connectivity index (χ1v) is 8.51. The summed E-state index contributed by atoms with van der Waals surface area (Å²) in [6, 6.07) is 13.4. The number of amides is 1. The van der Waals surface area contributed by atoms with Crippen LogP contribution in [0.15, 0.2) is 42.5 Å². The minimum Gasteiger partial charge on any atom is -0.495 e. The van der Waals surface area contributed by atoms with Crippen LogP contribution in [-0.2, 0) is 11.2 Å². The molecule has 0 aliphatic rings. The van der Waals surface area contributed by atoms with E-state index in [9.17, 15) is 4.79 Å².